The number of thiol groups is 1. The molecule has 0 saturated carbocycles. The predicted octanol–water partition coefficient (Wildman–Crippen LogP) is 7.05. The third kappa shape index (κ3) is 8.07. The second-order valence-corrected chi connectivity index (χ2v) is 11.0. The Balaban J connectivity index is 1.37. The first-order valence-corrected chi connectivity index (χ1v) is 14.0. The summed E-state index contributed by atoms with van der Waals surface area (Å²) in [6, 6.07) is 18.8. The molecule has 4 nitrogen and oxygen atoms in total. The molecule has 1 N–H and O–H groups in total. The van der Waals surface area contributed by atoms with E-state index in [-0.39, 0.29) is 17.7 Å². The van der Waals surface area contributed by atoms with Crippen molar-refractivity contribution in [3.63, 3.8) is 0 Å². The Morgan fingerprint density at radius 2 is 1.67 bits per heavy atom. The van der Waals surface area contributed by atoms with E-state index in [0.717, 1.165) is 22.9 Å². The molecule has 1 saturated heterocycles. The molecule has 1 amide bonds. The van der Waals surface area contributed by atoms with Gasteiger partial charge in [-0.25, -0.2) is 0 Å². The molecule has 0 aliphatic carbocycles. The van der Waals surface area contributed by atoms with Crippen LogP contribution in [0.15, 0.2) is 66.7 Å². The zero-order chi connectivity index (χ0) is 28.0. The molecule has 0 bridgehead atoms. The van der Waals surface area contributed by atoms with Crippen LogP contribution in [0.1, 0.15) is 33.9 Å². The average molecular weight is 597 g/mol. The first-order chi connectivity index (χ1) is 18.6. The minimum atomic E-state index is -4.43. The summed E-state index contributed by atoms with van der Waals surface area (Å²) in [7, 11) is 0. The van der Waals surface area contributed by atoms with E-state index in [2.05, 4.69) is 17.9 Å². The van der Waals surface area contributed by atoms with Gasteiger partial charge >= 0.3 is 6.18 Å². The summed E-state index contributed by atoms with van der Waals surface area (Å²) in [6.07, 6.45) is -3.59. The number of carbonyl (C=O) groups excluding carboxylic acids is 1. The Morgan fingerprint density at radius 1 is 0.949 bits per heavy atom. The van der Waals surface area contributed by atoms with Crippen LogP contribution in [0.5, 0.6) is 0 Å². The molecule has 0 spiro atoms. The van der Waals surface area contributed by atoms with Gasteiger partial charge in [0.15, 0.2) is 0 Å². The summed E-state index contributed by atoms with van der Waals surface area (Å²) in [5, 5.41) is 4.27. The normalized spacial score (nSPS) is 14.9. The molecular weight excluding hydrogens is 566 g/mol. The first-order valence-electron chi connectivity index (χ1n) is 12.7. The third-order valence-corrected chi connectivity index (χ3v) is 7.91. The van der Waals surface area contributed by atoms with Crippen LogP contribution in [0.2, 0.25) is 10.0 Å². The Bertz CT molecular complexity index is 1270. The van der Waals surface area contributed by atoms with Gasteiger partial charge in [-0.15, -0.1) is 0 Å². The molecule has 39 heavy (non-hydrogen) atoms. The quantitative estimate of drug-likeness (QED) is 0.260. The lowest BCUT2D eigenvalue weighted by Gasteiger charge is -2.37. The monoisotopic (exact) mass is 595 g/mol. The molecule has 3 aromatic rings. The van der Waals surface area contributed by atoms with Gasteiger partial charge in [-0.2, -0.15) is 25.8 Å². The highest BCUT2D eigenvalue weighted by Crippen LogP contribution is 2.33. The van der Waals surface area contributed by atoms with Crippen molar-refractivity contribution in [3.05, 3.63) is 99.0 Å². The van der Waals surface area contributed by atoms with Crippen molar-refractivity contribution in [2.24, 2.45) is 0 Å². The zero-order valence-corrected chi connectivity index (χ0v) is 23.6. The fourth-order valence-corrected chi connectivity index (χ4v) is 5.47. The van der Waals surface area contributed by atoms with Crippen molar-refractivity contribution in [3.8, 4) is 0 Å². The Morgan fingerprint density at radius 3 is 2.33 bits per heavy atom. The van der Waals surface area contributed by atoms with E-state index in [1.165, 1.54) is 12.1 Å². The van der Waals surface area contributed by atoms with Gasteiger partial charge in [0.25, 0.3) is 0 Å². The van der Waals surface area contributed by atoms with Crippen LogP contribution >= 0.6 is 35.8 Å². The lowest BCUT2D eigenvalue weighted by Crippen LogP contribution is -2.49. The van der Waals surface area contributed by atoms with E-state index in [9.17, 15) is 18.0 Å². The van der Waals surface area contributed by atoms with E-state index >= 15 is 0 Å². The molecule has 208 valence electrons. The lowest BCUT2D eigenvalue weighted by atomic mass is 10.1. The van der Waals surface area contributed by atoms with Crippen LogP contribution in [0.25, 0.3) is 0 Å². The summed E-state index contributed by atoms with van der Waals surface area (Å²) in [5.74, 6) is 0.0238. The number of halogens is 5. The third-order valence-electron chi connectivity index (χ3n) is 6.84. The average Bonchev–Trinajstić information content (AvgIpc) is 2.92. The number of hydrogen-bond donors (Lipinski definition) is 2. The van der Waals surface area contributed by atoms with Crippen LogP contribution < -0.4 is 10.2 Å². The molecular formula is C29H30Cl2F3N3OS. The molecule has 1 aliphatic rings. The van der Waals surface area contributed by atoms with Crippen LogP contribution in [-0.4, -0.2) is 43.5 Å². The van der Waals surface area contributed by atoms with Crippen molar-refractivity contribution < 1.29 is 18.0 Å². The lowest BCUT2D eigenvalue weighted by molar-refractivity contribution is -0.137. The smallest absolute Gasteiger partial charge is 0.368 e. The highest BCUT2D eigenvalue weighted by molar-refractivity contribution is 7.80. The minimum Gasteiger partial charge on any atom is -0.368 e. The first kappa shape index (κ1) is 29.6. The Hall–Kier alpha value is -2.39. The van der Waals surface area contributed by atoms with E-state index in [4.69, 9.17) is 23.2 Å². The van der Waals surface area contributed by atoms with Crippen LogP contribution in [0.4, 0.5) is 18.9 Å². The molecule has 1 atom stereocenters. The second-order valence-electron chi connectivity index (χ2n) is 9.50. The number of anilines is 1. The number of hydrogen-bond acceptors (Lipinski definition) is 4. The number of piperazine rings is 1. The van der Waals surface area contributed by atoms with Gasteiger partial charge in [-0.3, -0.25) is 4.79 Å². The van der Waals surface area contributed by atoms with Crippen molar-refractivity contribution in [1.82, 2.24) is 10.2 Å². The number of benzene rings is 3. The van der Waals surface area contributed by atoms with Gasteiger partial charge in [0.1, 0.15) is 0 Å². The maximum absolute atomic E-state index is 13.5. The van der Waals surface area contributed by atoms with Crippen LogP contribution in [0.3, 0.4) is 0 Å². The molecule has 1 fully saturated rings. The largest absolute Gasteiger partial charge is 0.416 e. The zero-order valence-electron chi connectivity index (χ0n) is 21.2. The summed E-state index contributed by atoms with van der Waals surface area (Å²) in [5.41, 5.74) is 2.53. The summed E-state index contributed by atoms with van der Waals surface area (Å²) < 4.78 is 40.5. The topological polar surface area (TPSA) is 35.6 Å². The summed E-state index contributed by atoms with van der Waals surface area (Å²) in [6.45, 7) is 2.82. The van der Waals surface area contributed by atoms with E-state index < -0.39 is 11.7 Å². The molecule has 1 heterocycles. The number of carbonyl (C=O) groups is 1. The fraction of sp³-hybridized carbons (Fsp3) is 0.345. The van der Waals surface area contributed by atoms with Crippen LogP contribution in [-0.2, 0) is 23.9 Å². The number of rotatable bonds is 9. The molecule has 0 radical (unpaired) electrons. The molecule has 1 unspecified atom stereocenters. The standard InChI is InChI=1S/C29H30Cl2F3N3OS/c30-24-9-6-20(25(31)17-24)7-11-28(38)37-14-12-36(13-15-37)26-10-8-23(29(32,33)34)16-22(26)18-35-19-27(39)21-4-2-1-3-5-21/h1-6,8-10,16-17,27,35,39H,7,11-15,18-19H2. The minimum absolute atomic E-state index is 0.0238. The summed E-state index contributed by atoms with van der Waals surface area (Å²) in [4.78, 5) is 16.7. The molecule has 3 aromatic carbocycles. The SMILES string of the molecule is O=C(CCc1ccc(Cl)cc1Cl)N1CCN(c2ccc(C(F)(F)F)cc2CNCC(S)c2ccccc2)CC1. The van der Waals surface area contributed by atoms with Gasteiger partial charge in [0.05, 0.1) is 5.56 Å². The van der Waals surface area contributed by atoms with Crippen molar-refractivity contribution in [2.45, 2.75) is 30.8 Å². The highest BCUT2D eigenvalue weighted by Gasteiger charge is 2.32. The maximum Gasteiger partial charge on any atom is 0.416 e. The van der Waals surface area contributed by atoms with Gasteiger partial charge < -0.3 is 15.1 Å². The van der Waals surface area contributed by atoms with Gasteiger partial charge in [0, 0.05) is 66.7 Å². The number of alkyl halides is 3. The number of nitrogens with zero attached hydrogens (tertiary/aromatic N) is 2. The number of nitrogens with one attached hydrogen (secondary N) is 1. The molecule has 10 heteroatoms. The second kappa shape index (κ2) is 13.3. The Kier molecular flexibility index (Phi) is 10.1. The molecule has 4 rings (SSSR count). The summed E-state index contributed by atoms with van der Waals surface area (Å²) >= 11 is 16.8. The van der Waals surface area contributed by atoms with E-state index in [0.29, 0.717) is 61.2 Å². The Labute approximate surface area is 242 Å². The van der Waals surface area contributed by atoms with Gasteiger partial charge in [-0.05, 0) is 53.4 Å². The number of amides is 1. The van der Waals surface area contributed by atoms with Crippen molar-refractivity contribution in [1.29, 1.82) is 0 Å². The number of aryl methyl sites for hydroxylation is 1. The van der Waals surface area contributed by atoms with E-state index in [1.54, 1.807) is 17.0 Å². The van der Waals surface area contributed by atoms with Crippen LogP contribution in [0, 0.1) is 0 Å². The van der Waals surface area contributed by atoms with Crippen molar-refractivity contribution >= 4 is 47.4 Å². The molecule has 0 aromatic heterocycles. The van der Waals surface area contributed by atoms with E-state index in [1.807, 2.05) is 41.3 Å². The van der Waals surface area contributed by atoms with Crippen molar-refractivity contribution in [2.75, 3.05) is 37.6 Å². The van der Waals surface area contributed by atoms with Gasteiger partial charge in [0.2, 0.25) is 5.91 Å². The molecule has 1 aliphatic heterocycles. The fourth-order valence-electron chi connectivity index (χ4n) is 4.67. The predicted molar refractivity (Wildman–Crippen MR) is 155 cm³/mol. The van der Waals surface area contributed by atoms with Gasteiger partial charge in [-0.1, -0.05) is 59.6 Å². The highest BCUT2D eigenvalue weighted by atomic mass is 35.5. The maximum atomic E-state index is 13.5.